The van der Waals surface area contributed by atoms with Gasteiger partial charge in [-0.05, 0) is 24.6 Å². The average Bonchev–Trinajstić information content (AvgIpc) is 3.25. The molecule has 1 atom stereocenters. The number of rotatable bonds is 5. The molecule has 7 nitrogen and oxygen atoms in total. The van der Waals surface area contributed by atoms with Crippen LogP contribution in [0.1, 0.15) is 11.3 Å². The van der Waals surface area contributed by atoms with E-state index in [1.54, 1.807) is 4.80 Å². The molecule has 3 heterocycles. The molecule has 2 aromatic heterocycles. The predicted molar refractivity (Wildman–Crippen MR) is 93.3 cm³/mol. The lowest BCUT2D eigenvalue weighted by Gasteiger charge is -2.32. The van der Waals surface area contributed by atoms with Gasteiger partial charge in [0.2, 0.25) is 0 Å². The van der Waals surface area contributed by atoms with Crippen LogP contribution in [0.2, 0.25) is 0 Å². The molecule has 1 aromatic carbocycles. The maximum Gasteiger partial charge on any atom is 0.0971 e. The van der Waals surface area contributed by atoms with E-state index in [1.165, 1.54) is 5.56 Å². The molecule has 0 spiro atoms. The first-order valence-corrected chi connectivity index (χ1v) is 8.56. The van der Waals surface area contributed by atoms with E-state index in [0.29, 0.717) is 0 Å². The molecule has 0 amide bonds. The van der Waals surface area contributed by atoms with Crippen LogP contribution in [0.15, 0.2) is 48.9 Å². The molecule has 1 saturated heterocycles. The molecular formula is C18H22N6O. The van der Waals surface area contributed by atoms with Crippen molar-refractivity contribution in [3.8, 4) is 5.69 Å². The summed E-state index contributed by atoms with van der Waals surface area (Å²) in [6, 6.07) is 9.97. The molecule has 0 bridgehead atoms. The van der Waals surface area contributed by atoms with Crippen LogP contribution >= 0.6 is 0 Å². The first kappa shape index (κ1) is 16.0. The lowest BCUT2D eigenvalue weighted by atomic mass is 10.2. The molecule has 1 fully saturated rings. The van der Waals surface area contributed by atoms with Gasteiger partial charge < -0.3 is 4.74 Å². The third kappa shape index (κ3) is 3.94. The zero-order valence-electron chi connectivity index (χ0n) is 14.3. The highest BCUT2D eigenvalue weighted by Crippen LogP contribution is 2.12. The fraction of sp³-hybridized carbons (Fsp3) is 0.389. The van der Waals surface area contributed by atoms with Crippen molar-refractivity contribution in [1.29, 1.82) is 0 Å². The van der Waals surface area contributed by atoms with Crippen molar-refractivity contribution in [2.45, 2.75) is 26.1 Å². The monoisotopic (exact) mass is 338 g/mol. The molecule has 130 valence electrons. The number of benzene rings is 1. The second-order valence-corrected chi connectivity index (χ2v) is 6.43. The molecule has 1 aliphatic rings. The largest absolute Gasteiger partial charge is 0.374 e. The van der Waals surface area contributed by atoms with E-state index in [0.717, 1.165) is 44.2 Å². The molecule has 3 aromatic rings. The molecule has 7 heteroatoms. The Kier molecular flexibility index (Phi) is 4.58. The summed E-state index contributed by atoms with van der Waals surface area (Å²) in [5.74, 6) is 0. The van der Waals surface area contributed by atoms with Crippen LogP contribution < -0.4 is 0 Å². The van der Waals surface area contributed by atoms with E-state index >= 15 is 0 Å². The topological polar surface area (TPSA) is 61.0 Å². The first-order chi connectivity index (χ1) is 12.3. The fourth-order valence-electron chi connectivity index (χ4n) is 3.09. The standard InChI is InChI=1S/C18H22N6O/c1-15-9-19-23(11-15)14-18-13-22(7-8-25-18)12-16-10-20-24(21-16)17-5-3-2-4-6-17/h2-6,9-11,18H,7-8,12-14H2,1H3. The molecule has 1 aliphatic heterocycles. The first-order valence-electron chi connectivity index (χ1n) is 8.56. The summed E-state index contributed by atoms with van der Waals surface area (Å²) in [6.45, 7) is 6.13. The summed E-state index contributed by atoms with van der Waals surface area (Å²) in [4.78, 5) is 4.05. The van der Waals surface area contributed by atoms with Crippen LogP contribution in [-0.4, -0.2) is 55.5 Å². The van der Waals surface area contributed by atoms with E-state index in [2.05, 4.69) is 20.2 Å². The highest BCUT2D eigenvalue weighted by atomic mass is 16.5. The number of ether oxygens (including phenoxy) is 1. The summed E-state index contributed by atoms with van der Waals surface area (Å²) in [6.07, 6.45) is 5.92. The lowest BCUT2D eigenvalue weighted by molar-refractivity contribution is -0.0405. The van der Waals surface area contributed by atoms with Crippen LogP contribution in [0.4, 0.5) is 0 Å². The fourth-order valence-corrected chi connectivity index (χ4v) is 3.09. The Hall–Kier alpha value is -2.51. The number of aromatic nitrogens is 5. The SMILES string of the molecule is Cc1cnn(CC2CN(Cc3cnn(-c4ccccc4)n3)CCO2)c1. The minimum absolute atomic E-state index is 0.150. The Balaban J connectivity index is 1.37. The number of para-hydroxylation sites is 1. The Morgan fingerprint density at radius 2 is 2.04 bits per heavy atom. The van der Waals surface area contributed by atoms with Crippen molar-refractivity contribution in [3.05, 3.63) is 60.2 Å². The summed E-state index contributed by atoms with van der Waals surface area (Å²) < 4.78 is 7.84. The van der Waals surface area contributed by atoms with Crippen molar-refractivity contribution >= 4 is 0 Å². The van der Waals surface area contributed by atoms with Crippen LogP contribution in [0.25, 0.3) is 5.69 Å². The molecule has 1 unspecified atom stereocenters. The Morgan fingerprint density at radius 1 is 1.16 bits per heavy atom. The van der Waals surface area contributed by atoms with Gasteiger partial charge in [0.15, 0.2) is 0 Å². The normalized spacial score (nSPS) is 18.5. The highest BCUT2D eigenvalue weighted by Gasteiger charge is 2.22. The Morgan fingerprint density at radius 3 is 2.84 bits per heavy atom. The number of morpholine rings is 1. The zero-order valence-corrected chi connectivity index (χ0v) is 14.3. The van der Waals surface area contributed by atoms with Gasteiger partial charge in [-0.2, -0.15) is 20.1 Å². The minimum atomic E-state index is 0.150. The third-order valence-electron chi connectivity index (χ3n) is 4.29. The third-order valence-corrected chi connectivity index (χ3v) is 4.29. The molecule has 4 rings (SSSR count). The smallest absolute Gasteiger partial charge is 0.0971 e. The van der Waals surface area contributed by atoms with Crippen molar-refractivity contribution in [2.24, 2.45) is 0 Å². The van der Waals surface area contributed by atoms with Gasteiger partial charge in [-0.1, -0.05) is 18.2 Å². The van der Waals surface area contributed by atoms with E-state index in [1.807, 2.05) is 60.5 Å². The number of hydrogen-bond acceptors (Lipinski definition) is 5. The average molecular weight is 338 g/mol. The van der Waals surface area contributed by atoms with E-state index in [4.69, 9.17) is 4.74 Å². The number of aryl methyl sites for hydroxylation is 1. The molecular weight excluding hydrogens is 316 g/mol. The molecule has 0 radical (unpaired) electrons. The van der Waals surface area contributed by atoms with Crippen molar-refractivity contribution in [3.63, 3.8) is 0 Å². The maximum absolute atomic E-state index is 5.89. The summed E-state index contributed by atoms with van der Waals surface area (Å²) in [7, 11) is 0. The second kappa shape index (κ2) is 7.16. The van der Waals surface area contributed by atoms with Crippen LogP contribution in [0.5, 0.6) is 0 Å². The molecule has 0 saturated carbocycles. The van der Waals surface area contributed by atoms with Crippen molar-refractivity contribution < 1.29 is 4.74 Å². The van der Waals surface area contributed by atoms with Gasteiger partial charge in [0.05, 0.1) is 43.0 Å². The van der Waals surface area contributed by atoms with Gasteiger partial charge >= 0.3 is 0 Å². The van der Waals surface area contributed by atoms with Gasteiger partial charge in [-0.25, -0.2) is 0 Å². The van der Waals surface area contributed by atoms with Gasteiger partial charge in [0.1, 0.15) is 0 Å². The number of nitrogens with zero attached hydrogens (tertiary/aromatic N) is 6. The van der Waals surface area contributed by atoms with E-state index in [-0.39, 0.29) is 6.10 Å². The van der Waals surface area contributed by atoms with E-state index in [9.17, 15) is 0 Å². The maximum atomic E-state index is 5.89. The van der Waals surface area contributed by atoms with Gasteiger partial charge in [0, 0.05) is 25.8 Å². The predicted octanol–water partition coefficient (Wildman–Crippen LogP) is 1.67. The summed E-state index contributed by atoms with van der Waals surface area (Å²) in [5, 5.41) is 13.3. The Labute approximate surface area is 146 Å². The second-order valence-electron chi connectivity index (χ2n) is 6.43. The quantitative estimate of drug-likeness (QED) is 0.708. The van der Waals surface area contributed by atoms with Crippen LogP contribution in [0, 0.1) is 6.92 Å². The van der Waals surface area contributed by atoms with Crippen LogP contribution in [0.3, 0.4) is 0 Å². The molecule has 25 heavy (non-hydrogen) atoms. The number of hydrogen-bond donors (Lipinski definition) is 0. The van der Waals surface area contributed by atoms with E-state index < -0.39 is 0 Å². The van der Waals surface area contributed by atoms with Gasteiger partial charge in [-0.15, -0.1) is 0 Å². The molecule has 0 N–H and O–H groups in total. The lowest BCUT2D eigenvalue weighted by Crippen LogP contribution is -2.43. The minimum Gasteiger partial charge on any atom is -0.374 e. The van der Waals surface area contributed by atoms with Crippen LogP contribution in [-0.2, 0) is 17.8 Å². The van der Waals surface area contributed by atoms with Gasteiger partial charge in [0.25, 0.3) is 0 Å². The van der Waals surface area contributed by atoms with Crippen molar-refractivity contribution in [2.75, 3.05) is 19.7 Å². The zero-order chi connectivity index (χ0) is 17.1. The van der Waals surface area contributed by atoms with Gasteiger partial charge in [-0.3, -0.25) is 9.58 Å². The highest BCUT2D eigenvalue weighted by molar-refractivity contribution is 5.28. The summed E-state index contributed by atoms with van der Waals surface area (Å²) in [5.41, 5.74) is 3.12. The Bertz CT molecular complexity index is 812. The van der Waals surface area contributed by atoms with Crippen molar-refractivity contribution in [1.82, 2.24) is 29.7 Å². The summed E-state index contributed by atoms with van der Waals surface area (Å²) >= 11 is 0. The molecule has 0 aliphatic carbocycles.